The number of carboxylic acid groups (broad SMARTS) is 2. The van der Waals surface area contributed by atoms with Crippen LogP contribution in [0.2, 0.25) is 0 Å². The molecule has 1 aliphatic rings. The standard InChI is InChI=1S/C9H9FO4.C6H5NO2/c1-9(8(13)14)4-5(7(11)12)2-3-6(9)10;8-7(9)6-4-2-1-3-5-6/h2-3H,4H2,1H3,(H,11,12)(H,13,14);1-5H. The van der Waals surface area contributed by atoms with Crippen LogP contribution in [0.1, 0.15) is 13.3 Å². The molecule has 1 aliphatic carbocycles. The highest BCUT2D eigenvalue weighted by Gasteiger charge is 2.41. The topological polar surface area (TPSA) is 118 Å². The monoisotopic (exact) mass is 323 g/mol. The second-order valence-corrected chi connectivity index (χ2v) is 4.92. The molecule has 0 aromatic heterocycles. The van der Waals surface area contributed by atoms with Crippen LogP contribution in [0, 0.1) is 15.5 Å². The van der Waals surface area contributed by atoms with Gasteiger partial charge >= 0.3 is 11.9 Å². The van der Waals surface area contributed by atoms with Crippen molar-refractivity contribution in [3.05, 3.63) is 64.0 Å². The van der Waals surface area contributed by atoms with Gasteiger partial charge in [0.05, 0.1) is 4.92 Å². The average Bonchev–Trinajstić information content (AvgIpc) is 2.51. The number of rotatable bonds is 3. The van der Waals surface area contributed by atoms with Crippen molar-refractivity contribution in [1.82, 2.24) is 0 Å². The van der Waals surface area contributed by atoms with E-state index in [1.54, 1.807) is 18.2 Å². The number of aliphatic carboxylic acids is 2. The summed E-state index contributed by atoms with van der Waals surface area (Å²) in [5.74, 6) is -3.41. The van der Waals surface area contributed by atoms with Gasteiger partial charge in [-0.3, -0.25) is 14.9 Å². The molecule has 122 valence electrons. The predicted molar refractivity (Wildman–Crippen MR) is 78.4 cm³/mol. The first-order valence-corrected chi connectivity index (χ1v) is 6.41. The van der Waals surface area contributed by atoms with Gasteiger partial charge in [-0.05, 0) is 19.1 Å². The molecule has 7 nitrogen and oxygen atoms in total. The van der Waals surface area contributed by atoms with E-state index in [2.05, 4.69) is 0 Å². The molecular formula is C15H14FNO6. The van der Waals surface area contributed by atoms with E-state index in [1.807, 2.05) is 0 Å². The van der Waals surface area contributed by atoms with Crippen molar-refractivity contribution in [2.45, 2.75) is 13.3 Å². The highest BCUT2D eigenvalue weighted by atomic mass is 19.1. The Bertz CT molecular complexity index is 682. The third-order valence-corrected chi connectivity index (χ3v) is 3.22. The van der Waals surface area contributed by atoms with Crippen molar-refractivity contribution in [2.75, 3.05) is 0 Å². The smallest absolute Gasteiger partial charge is 0.331 e. The lowest BCUT2D eigenvalue weighted by Gasteiger charge is -2.25. The van der Waals surface area contributed by atoms with E-state index in [9.17, 15) is 24.1 Å². The summed E-state index contributed by atoms with van der Waals surface area (Å²) in [6.45, 7) is 1.16. The van der Waals surface area contributed by atoms with Gasteiger partial charge in [0.15, 0.2) is 0 Å². The molecule has 0 amide bonds. The van der Waals surface area contributed by atoms with Gasteiger partial charge in [0, 0.05) is 24.1 Å². The van der Waals surface area contributed by atoms with Crippen LogP contribution in [-0.4, -0.2) is 27.1 Å². The lowest BCUT2D eigenvalue weighted by molar-refractivity contribution is -0.384. The Morgan fingerprint density at radius 2 is 1.78 bits per heavy atom. The second-order valence-electron chi connectivity index (χ2n) is 4.92. The minimum atomic E-state index is -1.75. The molecule has 1 aromatic rings. The van der Waals surface area contributed by atoms with Crippen LogP contribution < -0.4 is 0 Å². The molecule has 0 saturated heterocycles. The zero-order valence-electron chi connectivity index (χ0n) is 12.1. The van der Waals surface area contributed by atoms with E-state index >= 15 is 0 Å². The van der Waals surface area contributed by atoms with Crippen LogP contribution in [0.3, 0.4) is 0 Å². The summed E-state index contributed by atoms with van der Waals surface area (Å²) in [5, 5.41) is 27.4. The summed E-state index contributed by atoms with van der Waals surface area (Å²) in [6.07, 6.45) is 1.64. The number of nitrogens with zero attached hydrogens (tertiary/aromatic N) is 1. The van der Waals surface area contributed by atoms with Crippen LogP contribution in [-0.2, 0) is 9.59 Å². The van der Waals surface area contributed by atoms with Gasteiger partial charge < -0.3 is 10.2 Å². The Hall–Kier alpha value is -3.03. The summed E-state index contributed by atoms with van der Waals surface area (Å²) >= 11 is 0. The van der Waals surface area contributed by atoms with Crippen molar-refractivity contribution in [3.63, 3.8) is 0 Å². The average molecular weight is 323 g/mol. The van der Waals surface area contributed by atoms with Crippen LogP contribution in [0.15, 0.2) is 53.9 Å². The molecule has 23 heavy (non-hydrogen) atoms. The first-order chi connectivity index (χ1) is 10.7. The highest BCUT2D eigenvalue weighted by Crippen LogP contribution is 2.38. The number of hydrogen-bond acceptors (Lipinski definition) is 4. The first-order valence-electron chi connectivity index (χ1n) is 6.41. The number of halogens is 1. The van der Waals surface area contributed by atoms with Gasteiger partial charge in [-0.25, -0.2) is 9.18 Å². The summed E-state index contributed by atoms with van der Waals surface area (Å²) in [5.41, 5.74) is -1.71. The molecule has 0 radical (unpaired) electrons. The van der Waals surface area contributed by atoms with Crippen LogP contribution >= 0.6 is 0 Å². The summed E-state index contributed by atoms with van der Waals surface area (Å²) in [6, 6.07) is 7.93. The van der Waals surface area contributed by atoms with E-state index in [1.165, 1.54) is 12.1 Å². The maximum absolute atomic E-state index is 13.2. The van der Waals surface area contributed by atoms with E-state index < -0.39 is 28.1 Å². The lowest BCUT2D eigenvalue weighted by atomic mass is 9.79. The minimum Gasteiger partial charge on any atom is -0.481 e. The number of nitro groups is 1. The Kier molecular flexibility index (Phi) is 5.72. The quantitative estimate of drug-likeness (QED) is 0.652. The maximum atomic E-state index is 13.2. The maximum Gasteiger partial charge on any atom is 0.331 e. The van der Waals surface area contributed by atoms with Crippen LogP contribution in [0.5, 0.6) is 0 Å². The summed E-state index contributed by atoms with van der Waals surface area (Å²) in [7, 11) is 0. The zero-order chi connectivity index (χ0) is 17.6. The molecule has 0 heterocycles. The molecule has 0 bridgehead atoms. The van der Waals surface area contributed by atoms with Crippen LogP contribution in [0.25, 0.3) is 0 Å². The Balaban J connectivity index is 0.000000253. The van der Waals surface area contributed by atoms with E-state index in [0.29, 0.717) is 0 Å². The lowest BCUT2D eigenvalue weighted by Crippen LogP contribution is -2.31. The molecule has 2 N–H and O–H groups in total. The molecule has 8 heteroatoms. The molecule has 0 saturated carbocycles. The van der Waals surface area contributed by atoms with Gasteiger partial charge in [-0.2, -0.15) is 0 Å². The molecule has 0 spiro atoms. The fourth-order valence-electron chi connectivity index (χ4n) is 1.76. The number of nitro benzene ring substituents is 1. The Morgan fingerprint density at radius 1 is 1.22 bits per heavy atom. The molecule has 0 aliphatic heterocycles. The number of benzene rings is 1. The van der Waals surface area contributed by atoms with Crippen molar-refractivity contribution >= 4 is 17.6 Å². The minimum absolute atomic E-state index is 0.101. The van der Waals surface area contributed by atoms with E-state index in [0.717, 1.165) is 19.1 Å². The Morgan fingerprint density at radius 3 is 2.17 bits per heavy atom. The number of hydrogen-bond donors (Lipinski definition) is 2. The predicted octanol–water partition coefficient (Wildman–Crippen LogP) is 2.94. The number of carboxylic acids is 2. The number of carbonyl (C=O) groups is 2. The van der Waals surface area contributed by atoms with Crippen molar-refractivity contribution in [3.8, 4) is 0 Å². The zero-order valence-corrected chi connectivity index (χ0v) is 12.1. The fourth-order valence-corrected chi connectivity index (χ4v) is 1.76. The van der Waals surface area contributed by atoms with Gasteiger partial charge in [-0.15, -0.1) is 0 Å². The van der Waals surface area contributed by atoms with Gasteiger partial charge in [0.25, 0.3) is 5.69 Å². The largest absolute Gasteiger partial charge is 0.481 e. The SMILES string of the molecule is CC1(C(=O)O)CC(C(=O)O)=CC=C1F.O=[N+]([O-])c1ccccc1. The molecular weight excluding hydrogens is 309 g/mol. The van der Waals surface area contributed by atoms with Crippen molar-refractivity contribution in [1.29, 1.82) is 0 Å². The van der Waals surface area contributed by atoms with Crippen LogP contribution in [0.4, 0.5) is 10.1 Å². The molecule has 2 rings (SSSR count). The normalized spacial score (nSPS) is 19.6. The van der Waals surface area contributed by atoms with Gasteiger partial charge in [0.1, 0.15) is 11.2 Å². The Labute approximate surface area is 130 Å². The summed E-state index contributed by atoms with van der Waals surface area (Å²) < 4.78 is 13.2. The first kappa shape index (κ1) is 18.0. The van der Waals surface area contributed by atoms with Crippen molar-refractivity contribution in [2.24, 2.45) is 5.41 Å². The van der Waals surface area contributed by atoms with E-state index in [4.69, 9.17) is 10.2 Å². The molecule has 1 atom stereocenters. The highest BCUT2D eigenvalue weighted by molar-refractivity contribution is 5.90. The molecule has 1 aromatic carbocycles. The number of allylic oxidation sites excluding steroid dienone is 2. The molecule has 1 unspecified atom stereocenters. The van der Waals surface area contributed by atoms with Gasteiger partial charge in [-0.1, -0.05) is 18.2 Å². The number of para-hydroxylation sites is 1. The third-order valence-electron chi connectivity index (χ3n) is 3.22. The van der Waals surface area contributed by atoms with E-state index in [-0.39, 0.29) is 17.7 Å². The number of non-ortho nitro benzene ring substituents is 1. The second kappa shape index (κ2) is 7.30. The van der Waals surface area contributed by atoms with Crippen molar-refractivity contribution < 1.29 is 29.1 Å². The summed E-state index contributed by atoms with van der Waals surface area (Å²) in [4.78, 5) is 30.9. The third kappa shape index (κ3) is 4.47. The fraction of sp³-hybridized carbons (Fsp3) is 0.200. The van der Waals surface area contributed by atoms with Gasteiger partial charge in [0.2, 0.25) is 0 Å². The molecule has 0 fully saturated rings.